The molecular weight excluding hydrogens is 190 g/mol. The number of aryl methyl sites for hydroxylation is 1. The van der Waals surface area contributed by atoms with Gasteiger partial charge < -0.3 is 5.73 Å². The molecule has 0 spiro atoms. The smallest absolute Gasteiger partial charge is 0.104 e. The number of hydrogen-bond acceptors (Lipinski definition) is 1. The zero-order chi connectivity index (χ0) is 10.9. The summed E-state index contributed by atoms with van der Waals surface area (Å²) in [6.45, 7) is 8.57. The molecule has 0 bridgehead atoms. The zero-order valence-corrected chi connectivity index (χ0v) is 10.0. The van der Waals surface area contributed by atoms with Crippen molar-refractivity contribution in [1.82, 2.24) is 0 Å². The maximum Gasteiger partial charge on any atom is 0.104 e. The molecule has 0 unspecified atom stereocenters. The van der Waals surface area contributed by atoms with Crippen molar-refractivity contribution in [2.75, 3.05) is 0 Å². The van der Waals surface area contributed by atoms with Gasteiger partial charge in [-0.1, -0.05) is 45.1 Å². The third-order valence-corrected chi connectivity index (χ3v) is 2.59. The first-order chi connectivity index (χ1) is 6.32. The third kappa shape index (κ3) is 2.32. The van der Waals surface area contributed by atoms with Crippen molar-refractivity contribution in [2.24, 2.45) is 5.73 Å². The molecule has 76 valence electrons. The minimum atomic E-state index is 0.146. The van der Waals surface area contributed by atoms with Gasteiger partial charge in [-0.2, -0.15) is 0 Å². The molecule has 1 aromatic rings. The van der Waals surface area contributed by atoms with E-state index in [0.29, 0.717) is 4.99 Å². The third-order valence-electron chi connectivity index (χ3n) is 2.37. The number of hydrogen-bond donors (Lipinski definition) is 1. The molecule has 0 aromatic heterocycles. The van der Waals surface area contributed by atoms with Crippen LogP contribution in [0.15, 0.2) is 18.2 Å². The Bertz CT molecular complexity index is 361. The molecule has 0 aliphatic rings. The van der Waals surface area contributed by atoms with E-state index in [-0.39, 0.29) is 5.41 Å². The van der Waals surface area contributed by atoms with Crippen molar-refractivity contribution in [1.29, 1.82) is 0 Å². The first-order valence-corrected chi connectivity index (χ1v) is 5.14. The molecule has 0 fully saturated rings. The Morgan fingerprint density at radius 2 is 1.86 bits per heavy atom. The summed E-state index contributed by atoms with van der Waals surface area (Å²) in [5.41, 5.74) is 9.21. The lowest BCUT2D eigenvalue weighted by Crippen LogP contribution is -2.16. The van der Waals surface area contributed by atoms with Gasteiger partial charge in [-0.3, -0.25) is 0 Å². The number of rotatable bonds is 1. The zero-order valence-electron chi connectivity index (χ0n) is 9.22. The molecule has 0 heterocycles. The van der Waals surface area contributed by atoms with Crippen LogP contribution < -0.4 is 5.73 Å². The highest BCUT2D eigenvalue weighted by molar-refractivity contribution is 7.80. The van der Waals surface area contributed by atoms with Crippen LogP contribution in [0.2, 0.25) is 0 Å². The molecule has 0 radical (unpaired) electrons. The first-order valence-electron chi connectivity index (χ1n) is 4.73. The largest absolute Gasteiger partial charge is 0.389 e. The van der Waals surface area contributed by atoms with E-state index < -0.39 is 0 Å². The van der Waals surface area contributed by atoms with E-state index in [4.69, 9.17) is 18.0 Å². The van der Waals surface area contributed by atoms with E-state index in [1.807, 2.05) is 6.92 Å². The predicted molar refractivity (Wildman–Crippen MR) is 65.8 cm³/mol. The summed E-state index contributed by atoms with van der Waals surface area (Å²) < 4.78 is 0. The van der Waals surface area contributed by atoms with Crippen molar-refractivity contribution in [2.45, 2.75) is 33.1 Å². The summed E-state index contributed by atoms with van der Waals surface area (Å²) >= 11 is 5.01. The summed E-state index contributed by atoms with van der Waals surface area (Å²) in [4.78, 5) is 0.480. The quantitative estimate of drug-likeness (QED) is 0.717. The minimum absolute atomic E-state index is 0.146. The standard InChI is InChI=1S/C12H17NS/c1-8-5-6-9(12(2,3)4)7-10(8)11(13)14/h5-7H,1-4H3,(H2,13,14). The molecule has 0 aliphatic heterocycles. The first kappa shape index (κ1) is 11.2. The highest BCUT2D eigenvalue weighted by Crippen LogP contribution is 2.24. The highest BCUT2D eigenvalue weighted by atomic mass is 32.1. The molecule has 14 heavy (non-hydrogen) atoms. The van der Waals surface area contributed by atoms with E-state index in [9.17, 15) is 0 Å². The summed E-state index contributed by atoms with van der Waals surface area (Å²) in [6.07, 6.45) is 0. The second kappa shape index (κ2) is 3.70. The summed E-state index contributed by atoms with van der Waals surface area (Å²) in [6, 6.07) is 6.31. The summed E-state index contributed by atoms with van der Waals surface area (Å²) in [5, 5.41) is 0. The number of nitrogens with two attached hydrogens (primary N) is 1. The predicted octanol–water partition coefficient (Wildman–Crippen LogP) is 2.93. The molecule has 2 heteroatoms. The van der Waals surface area contributed by atoms with Crippen LogP contribution in [0.3, 0.4) is 0 Å². The second-order valence-corrected chi connectivity index (χ2v) is 5.08. The highest BCUT2D eigenvalue weighted by Gasteiger charge is 2.15. The molecule has 0 saturated carbocycles. The fourth-order valence-electron chi connectivity index (χ4n) is 1.35. The van der Waals surface area contributed by atoms with Crippen molar-refractivity contribution in [3.8, 4) is 0 Å². The fraction of sp³-hybridized carbons (Fsp3) is 0.417. The lowest BCUT2D eigenvalue weighted by Gasteiger charge is -2.20. The van der Waals surface area contributed by atoms with Crippen LogP contribution in [0.1, 0.15) is 37.5 Å². The molecule has 1 nitrogen and oxygen atoms in total. The van der Waals surface area contributed by atoms with Gasteiger partial charge in [-0.15, -0.1) is 0 Å². The molecule has 0 atom stereocenters. The van der Waals surface area contributed by atoms with E-state index >= 15 is 0 Å². The van der Waals surface area contributed by atoms with E-state index in [1.54, 1.807) is 0 Å². The Kier molecular flexibility index (Phi) is 2.95. The van der Waals surface area contributed by atoms with Gasteiger partial charge in [0.1, 0.15) is 4.99 Å². The van der Waals surface area contributed by atoms with Gasteiger partial charge in [0.25, 0.3) is 0 Å². The van der Waals surface area contributed by atoms with Crippen LogP contribution >= 0.6 is 12.2 Å². The number of benzene rings is 1. The molecule has 0 aliphatic carbocycles. The number of thiocarbonyl (C=S) groups is 1. The van der Waals surface area contributed by atoms with Gasteiger partial charge in [-0.25, -0.2) is 0 Å². The Balaban J connectivity index is 3.27. The van der Waals surface area contributed by atoms with E-state index in [1.165, 1.54) is 5.56 Å². The Morgan fingerprint density at radius 3 is 2.29 bits per heavy atom. The lowest BCUT2D eigenvalue weighted by atomic mass is 9.85. The Morgan fingerprint density at radius 1 is 1.29 bits per heavy atom. The van der Waals surface area contributed by atoms with Gasteiger partial charge in [-0.05, 0) is 29.5 Å². The van der Waals surface area contributed by atoms with Crippen LogP contribution in [0, 0.1) is 6.92 Å². The second-order valence-electron chi connectivity index (χ2n) is 4.64. The van der Waals surface area contributed by atoms with Crippen LogP contribution in [-0.2, 0) is 5.41 Å². The van der Waals surface area contributed by atoms with Gasteiger partial charge >= 0.3 is 0 Å². The average Bonchev–Trinajstić information content (AvgIpc) is 2.02. The average molecular weight is 207 g/mol. The molecule has 1 aromatic carbocycles. The monoisotopic (exact) mass is 207 g/mol. The SMILES string of the molecule is Cc1ccc(C(C)(C)C)cc1C(N)=S. The molecule has 0 amide bonds. The fourth-order valence-corrected chi connectivity index (χ4v) is 1.57. The van der Waals surface area contributed by atoms with Crippen molar-refractivity contribution >= 4 is 17.2 Å². The van der Waals surface area contributed by atoms with Gasteiger partial charge in [0.05, 0.1) is 0 Å². The van der Waals surface area contributed by atoms with Crippen LogP contribution in [-0.4, -0.2) is 4.99 Å². The van der Waals surface area contributed by atoms with Crippen molar-refractivity contribution in [3.63, 3.8) is 0 Å². The van der Waals surface area contributed by atoms with Crippen LogP contribution in [0.5, 0.6) is 0 Å². The Hall–Kier alpha value is -0.890. The normalized spacial score (nSPS) is 11.4. The Labute approximate surface area is 91.3 Å². The summed E-state index contributed by atoms with van der Waals surface area (Å²) in [7, 11) is 0. The lowest BCUT2D eigenvalue weighted by molar-refractivity contribution is 0.590. The van der Waals surface area contributed by atoms with Gasteiger partial charge in [0.2, 0.25) is 0 Å². The van der Waals surface area contributed by atoms with Gasteiger partial charge in [0, 0.05) is 5.56 Å². The maximum absolute atomic E-state index is 5.66. The minimum Gasteiger partial charge on any atom is -0.389 e. The van der Waals surface area contributed by atoms with E-state index in [2.05, 4.69) is 39.0 Å². The molecule has 1 rings (SSSR count). The van der Waals surface area contributed by atoms with Crippen LogP contribution in [0.4, 0.5) is 0 Å². The molecule has 2 N–H and O–H groups in total. The maximum atomic E-state index is 5.66. The topological polar surface area (TPSA) is 26.0 Å². The van der Waals surface area contributed by atoms with Gasteiger partial charge in [0.15, 0.2) is 0 Å². The molecule has 0 saturated heterocycles. The van der Waals surface area contributed by atoms with E-state index in [0.717, 1.165) is 11.1 Å². The van der Waals surface area contributed by atoms with Crippen molar-refractivity contribution < 1.29 is 0 Å². The summed E-state index contributed by atoms with van der Waals surface area (Å²) in [5.74, 6) is 0. The van der Waals surface area contributed by atoms with Crippen molar-refractivity contribution in [3.05, 3.63) is 34.9 Å². The molecular formula is C12H17NS. The van der Waals surface area contributed by atoms with Crippen LogP contribution in [0.25, 0.3) is 0 Å².